The van der Waals surface area contributed by atoms with Crippen LogP contribution < -0.4 is 10.6 Å². The van der Waals surface area contributed by atoms with E-state index in [-0.39, 0.29) is 12.0 Å². The molecule has 2 rings (SSSR count). The van der Waals surface area contributed by atoms with Gasteiger partial charge in [0, 0.05) is 17.8 Å². The fourth-order valence-corrected chi connectivity index (χ4v) is 3.16. The summed E-state index contributed by atoms with van der Waals surface area (Å²) in [7, 11) is 1.40. The van der Waals surface area contributed by atoms with E-state index in [0.29, 0.717) is 24.5 Å². The lowest BCUT2D eigenvalue weighted by molar-refractivity contribution is -0.140. The normalized spacial score (nSPS) is 11.5. The predicted molar refractivity (Wildman–Crippen MR) is 97.6 cm³/mol. The van der Waals surface area contributed by atoms with Crippen molar-refractivity contribution in [1.29, 1.82) is 0 Å². The molecule has 0 saturated heterocycles. The standard InChI is InChI=1S/C17H20N2O2S2/c1-21-15(20)10-5-11-18-17(22)19-16(14-9-6-12-23-14)13-7-3-2-4-8-13/h2-4,6-9,12,16H,5,10-11H2,1H3,(H2,18,19,22)/t16-/m1/s1. The Balaban J connectivity index is 1.91. The third kappa shape index (κ3) is 5.65. The molecule has 0 amide bonds. The lowest BCUT2D eigenvalue weighted by Gasteiger charge is -2.20. The van der Waals surface area contributed by atoms with Crippen molar-refractivity contribution >= 4 is 34.6 Å². The largest absolute Gasteiger partial charge is 0.469 e. The van der Waals surface area contributed by atoms with Crippen LogP contribution in [0, 0.1) is 0 Å². The number of nitrogens with one attached hydrogen (secondary N) is 2. The first-order valence-corrected chi connectivity index (χ1v) is 8.69. The third-order valence-corrected chi connectivity index (χ3v) is 4.51. The number of carbonyl (C=O) groups is 1. The van der Waals surface area contributed by atoms with E-state index in [1.807, 2.05) is 24.3 Å². The van der Waals surface area contributed by atoms with Crippen molar-refractivity contribution < 1.29 is 9.53 Å². The highest BCUT2D eigenvalue weighted by Gasteiger charge is 2.15. The van der Waals surface area contributed by atoms with Gasteiger partial charge in [-0.2, -0.15) is 0 Å². The molecule has 0 radical (unpaired) electrons. The summed E-state index contributed by atoms with van der Waals surface area (Å²) in [4.78, 5) is 12.3. The van der Waals surface area contributed by atoms with Crippen LogP contribution in [0.15, 0.2) is 47.8 Å². The lowest BCUT2D eigenvalue weighted by atomic mass is 10.1. The molecule has 0 saturated carbocycles. The molecule has 0 unspecified atom stereocenters. The molecule has 0 fully saturated rings. The minimum absolute atomic E-state index is 0.0248. The molecular weight excluding hydrogens is 328 g/mol. The third-order valence-electron chi connectivity index (χ3n) is 3.31. The maximum atomic E-state index is 11.1. The molecule has 122 valence electrons. The molecule has 0 aliphatic carbocycles. The summed E-state index contributed by atoms with van der Waals surface area (Å²) in [5.74, 6) is -0.202. The van der Waals surface area contributed by atoms with Crippen LogP contribution in [0.4, 0.5) is 0 Å². The second-order valence-corrected chi connectivity index (χ2v) is 6.33. The molecule has 0 aliphatic heterocycles. The molecule has 1 aromatic heterocycles. The van der Waals surface area contributed by atoms with Gasteiger partial charge in [0.15, 0.2) is 5.11 Å². The summed E-state index contributed by atoms with van der Waals surface area (Å²) >= 11 is 7.07. The molecule has 1 aromatic carbocycles. The fraction of sp³-hybridized carbons (Fsp3) is 0.294. The maximum Gasteiger partial charge on any atom is 0.305 e. The number of esters is 1. The highest BCUT2D eigenvalue weighted by molar-refractivity contribution is 7.80. The Labute approximate surface area is 145 Å². The van der Waals surface area contributed by atoms with E-state index in [2.05, 4.69) is 38.9 Å². The Kier molecular flexibility index (Phi) is 7.03. The van der Waals surface area contributed by atoms with Crippen molar-refractivity contribution in [2.45, 2.75) is 18.9 Å². The summed E-state index contributed by atoms with van der Waals surface area (Å²) in [5, 5.41) is 9.13. The highest BCUT2D eigenvalue weighted by atomic mass is 32.1. The minimum Gasteiger partial charge on any atom is -0.469 e. The molecule has 1 atom stereocenters. The Morgan fingerprint density at radius 2 is 2.04 bits per heavy atom. The van der Waals surface area contributed by atoms with E-state index in [0.717, 1.165) is 5.56 Å². The van der Waals surface area contributed by atoms with Crippen molar-refractivity contribution in [3.8, 4) is 0 Å². The quantitative estimate of drug-likeness (QED) is 0.457. The van der Waals surface area contributed by atoms with Gasteiger partial charge in [-0.15, -0.1) is 11.3 Å². The Hall–Kier alpha value is -1.92. The van der Waals surface area contributed by atoms with Gasteiger partial charge in [0.05, 0.1) is 13.2 Å². The van der Waals surface area contributed by atoms with Gasteiger partial charge in [-0.3, -0.25) is 4.79 Å². The number of carbonyl (C=O) groups excluding carboxylic acids is 1. The van der Waals surface area contributed by atoms with E-state index in [9.17, 15) is 4.79 Å². The zero-order valence-corrected chi connectivity index (χ0v) is 14.6. The number of thiophene rings is 1. The number of thiocarbonyl (C=S) groups is 1. The van der Waals surface area contributed by atoms with Crippen molar-refractivity contribution in [2.75, 3.05) is 13.7 Å². The van der Waals surface area contributed by atoms with Crippen LogP contribution in [0.3, 0.4) is 0 Å². The molecule has 0 bridgehead atoms. The Morgan fingerprint density at radius 1 is 1.26 bits per heavy atom. The van der Waals surface area contributed by atoms with Crippen LogP contribution in [0.2, 0.25) is 0 Å². The summed E-state index contributed by atoms with van der Waals surface area (Å²) in [6.07, 6.45) is 1.07. The molecular formula is C17H20N2O2S2. The van der Waals surface area contributed by atoms with Gasteiger partial charge in [-0.05, 0) is 35.6 Å². The topological polar surface area (TPSA) is 50.4 Å². The second-order valence-electron chi connectivity index (χ2n) is 4.94. The number of hydrogen-bond donors (Lipinski definition) is 2. The van der Waals surface area contributed by atoms with Crippen molar-refractivity contribution in [1.82, 2.24) is 10.6 Å². The van der Waals surface area contributed by atoms with Crippen LogP contribution >= 0.6 is 23.6 Å². The number of methoxy groups -OCH3 is 1. The number of rotatable bonds is 7. The minimum atomic E-state index is -0.202. The Morgan fingerprint density at radius 3 is 2.70 bits per heavy atom. The van der Waals surface area contributed by atoms with E-state index in [4.69, 9.17) is 12.2 Å². The number of ether oxygens (including phenoxy) is 1. The van der Waals surface area contributed by atoms with Gasteiger partial charge in [0.2, 0.25) is 0 Å². The first-order valence-electron chi connectivity index (χ1n) is 7.40. The number of hydrogen-bond acceptors (Lipinski definition) is 4. The summed E-state index contributed by atoms with van der Waals surface area (Å²) < 4.78 is 4.61. The van der Waals surface area contributed by atoms with Gasteiger partial charge >= 0.3 is 5.97 Å². The molecule has 2 aromatic rings. The molecule has 2 N–H and O–H groups in total. The summed E-state index contributed by atoms with van der Waals surface area (Å²) in [5.41, 5.74) is 1.16. The van der Waals surface area contributed by atoms with Crippen LogP contribution in [0.5, 0.6) is 0 Å². The van der Waals surface area contributed by atoms with E-state index >= 15 is 0 Å². The Bertz CT molecular complexity index is 615. The van der Waals surface area contributed by atoms with Crippen molar-refractivity contribution in [2.24, 2.45) is 0 Å². The van der Waals surface area contributed by atoms with Gasteiger partial charge in [0.25, 0.3) is 0 Å². The predicted octanol–water partition coefficient (Wildman–Crippen LogP) is 3.25. The SMILES string of the molecule is COC(=O)CCCNC(=S)N[C@H](c1ccccc1)c1cccs1. The average Bonchev–Trinajstić information content (AvgIpc) is 3.11. The maximum absolute atomic E-state index is 11.1. The van der Waals surface area contributed by atoms with Gasteiger partial charge in [0.1, 0.15) is 0 Å². The molecule has 1 heterocycles. The molecule has 4 nitrogen and oxygen atoms in total. The first-order chi connectivity index (χ1) is 11.2. The summed E-state index contributed by atoms with van der Waals surface area (Å²) in [6, 6.07) is 14.3. The lowest BCUT2D eigenvalue weighted by Crippen LogP contribution is -2.38. The zero-order chi connectivity index (χ0) is 16.5. The van der Waals surface area contributed by atoms with E-state index in [1.54, 1.807) is 11.3 Å². The number of benzene rings is 1. The van der Waals surface area contributed by atoms with Crippen LogP contribution in [0.25, 0.3) is 0 Å². The van der Waals surface area contributed by atoms with Gasteiger partial charge in [-0.1, -0.05) is 36.4 Å². The molecule has 0 aliphatic rings. The van der Waals surface area contributed by atoms with Crippen molar-refractivity contribution in [3.05, 3.63) is 58.3 Å². The summed E-state index contributed by atoms with van der Waals surface area (Å²) in [6.45, 7) is 0.632. The fourth-order valence-electron chi connectivity index (χ4n) is 2.14. The second kappa shape index (κ2) is 9.27. The first kappa shape index (κ1) is 17.4. The van der Waals surface area contributed by atoms with Crippen LogP contribution in [-0.4, -0.2) is 24.7 Å². The van der Waals surface area contributed by atoms with E-state index < -0.39 is 0 Å². The monoisotopic (exact) mass is 348 g/mol. The van der Waals surface area contributed by atoms with Crippen LogP contribution in [0.1, 0.15) is 29.3 Å². The van der Waals surface area contributed by atoms with Crippen LogP contribution in [-0.2, 0) is 9.53 Å². The van der Waals surface area contributed by atoms with Crippen molar-refractivity contribution in [3.63, 3.8) is 0 Å². The molecule has 23 heavy (non-hydrogen) atoms. The molecule has 6 heteroatoms. The molecule has 0 spiro atoms. The van der Waals surface area contributed by atoms with Gasteiger partial charge in [-0.25, -0.2) is 0 Å². The average molecular weight is 348 g/mol. The zero-order valence-electron chi connectivity index (χ0n) is 13.0. The van der Waals surface area contributed by atoms with Gasteiger partial charge < -0.3 is 15.4 Å². The smallest absolute Gasteiger partial charge is 0.305 e. The van der Waals surface area contributed by atoms with E-state index in [1.165, 1.54) is 12.0 Å². The highest BCUT2D eigenvalue weighted by Crippen LogP contribution is 2.25.